The Bertz CT molecular complexity index is 147. The van der Waals surface area contributed by atoms with Crippen LogP contribution in [0.3, 0.4) is 0 Å². The Morgan fingerprint density at radius 1 is 1.12 bits per heavy atom. The molecule has 0 amide bonds. The molecule has 1 rings (SSSR count). The van der Waals surface area contributed by atoms with E-state index < -0.39 is 0 Å². The van der Waals surface area contributed by atoms with E-state index >= 15 is 0 Å². The summed E-state index contributed by atoms with van der Waals surface area (Å²) in [4.78, 5) is 0. The lowest BCUT2D eigenvalue weighted by molar-refractivity contribution is 0.627. The molecule has 0 radical (unpaired) electrons. The second kappa shape index (κ2) is 2.27. The number of hydrogen-bond acceptors (Lipinski definition) is 0. The molecule has 0 fully saturated rings. The Morgan fingerprint density at radius 3 is 2.00 bits per heavy atom. The number of hydrogen-bond donors (Lipinski definition) is 0. The van der Waals surface area contributed by atoms with Crippen molar-refractivity contribution < 1.29 is 4.39 Å². The summed E-state index contributed by atoms with van der Waals surface area (Å²) in [6.45, 7) is 0. The molecule has 0 aliphatic rings. The van der Waals surface area contributed by atoms with Crippen molar-refractivity contribution in [3.8, 4) is 0 Å². The standard InChI is InChI=1S/C6H4BrF/c7-5-1-3-6(8)4-2-5/h1-4H/i1+1,2+1,3+1,4+1,5+1,6+1. The molecule has 0 heterocycles. The minimum Gasteiger partial charge on any atom is -0.207 e. The first kappa shape index (κ1) is 5.76. The quantitative estimate of drug-likeness (QED) is 0.576. The summed E-state index contributed by atoms with van der Waals surface area (Å²) >= 11 is 3.18. The maximum Gasteiger partial charge on any atom is 0.123 e. The summed E-state index contributed by atoms with van der Waals surface area (Å²) in [5, 5.41) is 0. The minimum absolute atomic E-state index is 0.201. The van der Waals surface area contributed by atoms with Crippen LogP contribution in [0.2, 0.25) is 0 Å². The van der Waals surface area contributed by atoms with E-state index in [1.54, 1.807) is 12.1 Å². The summed E-state index contributed by atoms with van der Waals surface area (Å²) in [6.07, 6.45) is 0. The highest BCUT2D eigenvalue weighted by Gasteiger charge is 1.84. The van der Waals surface area contributed by atoms with Crippen molar-refractivity contribution >= 4 is 15.9 Å². The van der Waals surface area contributed by atoms with Gasteiger partial charge in [-0.1, -0.05) is 15.9 Å². The van der Waals surface area contributed by atoms with Crippen LogP contribution < -0.4 is 0 Å². The van der Waals surface area contributed by atoms with E-state index in [0.29, 0.717) is 0 Å². The second-order valence-corrected chi connectivity index (χ2v) is 2.35. The fourth-order valence-electron chi connectivity index (χ4n) is 0.430. The smallest absolute Gasteiger partial charge is 0.123 e. The van der Waals surface area contributed by atoms with E-state index in [2.05, 4.69) is 15.9 Å². The monoisotopic (exact) mass is 180 g/mol. The third-order valence-corrected chi connectivity index (χ3v) is 1.33. The third kappa shape index (κ3) is 1.30. The Morgan fingerprint density at radius 2 is 1.62 bits per heavy atom. The molecule has 42 valence electrons. The van der Waals surface area contributed by atoms with Crippen LogP contribution >= 0.6 is 15.9 Å². The lowest BCUT2D eigenvalue weighted by atomic mass is 11.3. The topological polar surface area (TPSA) is 0 Å². The van der Waals surface area contributed by atoms with E-state index in [1.807, 2.05) is 0 Å². The zero-order valence-corrected chi connectivity index (χ0v) is 5.65. The summed E-state index contributed by atoms with van der Waals surface area (Å²) in [6, 6.07) is 6.14. The van der Waals surface area contributed by atoms with Crippen molar-refractivity contribution in [2.24, 2.45) is 0 Å². The van der Waals surface area contributed by atoms with Crippen LogP contribution in [0.4, 0.5) is 4.39 Å². The molecule has 0 saturated carbocycles. The Kier molecular flexibility index (Phi) is 1.63. The van der Waals surface area contributed by atoms with Crippen LogP contribution in [0.15, 0.2) is 28.7 Å². The summed E-state index contributed by atoms with van der Waals surface area (Å²) in [7, 11) is 0. The molecule has 0 aliphatic heterocycles. The van der Waals surface area contributed by atoms with Crippen molar-refractivity contribution in [3.05, 3.63) is 34.6 Å². The fourth-order valence-corrected chi connectivity index (χ4v) is 0.694. The largest absolute Gasteiger partial charge is 0.207 e. The molecule has 0 aromatic heterocycles. The first-order valence-electron chi connectivity index (χ1n) is 2.20. The third-order valence-electron chi connectivity index (χ3n) is 0.804. The second-order valence-electron chi connectivity index (χ2n) is 1.44. The Balaban J connectivity index is 3.03. The van der Waals surface area contributed by atoms with Gasteiger partial charge in [-0.2, -0.15) is 0 Å². The van der Waals surface area contributed by atoms with Gasteiger partial charge >= 0.3 is 0 Å². The van der Waals surface area contributed by atoms with Crippen molar-refractivity contribution in [1.29, 1.82) is 0 Å². The molecule has 0 N–H and O–H groups in total. The summed E-state index contributed by atoms with van der Waals surface area (Å²) in [5.41, 5.74) is 0. The molecule has 1 aromatic carbocycles. The van der Waals surface area contributed by atoms with Crippen molar-refractivity contribution in [1.82, 2.24) is 0 Å². The van der Waals surface area contributed by atoms with Crippen molar-refractivity contribution in [3.63, 3.8) is 0 Å². The molecular formula is C6H4BrF. The van der Waals surface area contributed by atoms with Crippen molar-refractivity contribution in [2.75, 3.05) is 0 Å². The van der Waals surface area contributed by atoms with Gasteiger partial charge in [-0.25, -0.2) is 4.39 Å². The van der Waals surface area contributed by atoms with Crippen LogP contribution in [0.1, 0.15) is 0 Å². The lowest BCUT2D eigenvalue weighted by Gasteiger charge is -1.85. The van der Waals surface area contributed by atoms with E-state index in [4.69, 9.17) is 0 Å². The number of halogens is 2. The molecule has 0 unspecified atom stereocenters. The van der Waals surface area contributed by atoms with Crippen LogP contribution in [0.5, 0.6) is 0 Å². The molecule has 2 heteroatoms. The Labute approximate surface area is 55.5 Å². The highest BCUT2D eigenvalue weighted by Crippen LogP contribution is 2.08. The van der Waals surface area contributed by atoms with E-state index in [9.17, 15) is 4.39 Å². The van der Waals surface area contributed by atoms with E-state index in [0.717, 1.165) is 4.47 Å². The van der Waals surface area contributed by atoms with Gasteiger partial charge in [0.2, 0.25) is 0 Å². The van der Waals surface area contributed by atoms with Gasteiger partial charge in [-0.3, -0.25) is 0 Å². The molecule has 8 heavy (non-hydrogen) atoms. The molecule has 0 atom stereocenters. The van der Waals surface area contributed by atoms with Crippen LogP contribution in [0, 0.1) is 5.82 Å². The molecule has 0 bridgehead atoms. The fraction of sp³-hybridized carbons (Fsp3) is 0. The first-order chi connectivity index (χ1) is 3.79. The minimum atomic E-state index is -0.201. The Hall–Kier alpha value is -0.370. The number of benzene rings is 1. The highest BCUT2D eigenvalue weighted by atomic mass is 79.9. The zero-order valence-electron chi connectivity index (χ0n) is 4.07. The molecule has 0 saturated heterocycles. The predicted molar refractivity (Wildman–Crippen MR) is 34.1 cm³/mol. The molecule has 0 nitrogen and oxygen atoms in total. The van der Waals surface area contributed by atoms with Gasteiger partial charge in [0.1, 0.15) is 5.82 Å². The van der Waals surface area contributed by atoms with Gasteiger partial charge in [0.15, 0.2) is 0 Å². The van der Waals surface area contributed by atoms with Gasteiger partial charge in [0.05, 0.1) is 0 Å². The maximum atomic E-state index is 12.1. The SMILES string of the molecule is F[13c]1[13cH][13cH][13c](Br)[13cH][13cH]1. The zero-order chi connectivity index (χ0) is 5.98. The lowest BCUT2D eigenvalue weighted by Crippen LogP contribution is -1.67. The maximum absolute atomic E-state index is 12.1. The summed E-state index contributed by atoms with van der Waals surface area (Å²) < 4.78 is 13.0. The van der Waals surface area contributed by atoms with Gasteiger partial charge in [0.25, 0.3) is 0 Å². The molecule has 0 aliphatic carbocycles. The van der Waals surface area contributed by atoms with Crippen LogP contribution in [0.25, 0.3) is 0 Å². The normalized spacial score (nSPS) is 9.25. The van der Waals surface area contributed by atoms with Crippen LogP contribution in [-0.2, 0) is 0 Å². The predicted octanol–water partition coefficient (Wildman–Crippen LogP) is 2.59. The van der Waals surface area contributed by atoms with Gasteiger partial charge in [-0.05, 0) is 24.3 Å². The van der Waals surface area contributed by atoms with Crippen molar-refractivity contribution in [2.45, 2.75) is 0 Å². The molecule has 1 aromatic rings. The average Bonchev–Trinajstić information content (AvgIpc) is 1.77. The highest BCUT2D eigenvalue weighted by molar-refractivity contribution is 9.10. The van der Waals surface area contributed by atoms with Gasteiger partial charge in [0, 0.05) is 4.47 Å². The van der Waals surface area contributed by atoms with E-state index in [-0.39, 0.29) is 5.82 Å². The van der Waals surface area contributed by atoms with E-state index in [1.165, 1.54) is 12.1 Å². The first-order valence-corrected chi connectivity index (χ1v) is 2.99. The molecule has 0 spiro atoms. The van der Waals surface area contributed by atoms with Gasteiger partial charge in [-0.15, -0.1) is 0 Å². The molecular weight excluding hydrogens is 177 g/mol. The van der Waals surface area contributed by atoms with Crippen LogP contribution in [-0.4, -0.2) is 0 Å². The summed E-state index contributed by atoms with van der Waals surface area (Å²) in [5.74, 6) is -0.201. The average molecular weight is 181 g/mol. The van der Waals surface area contributed by atoms with Gasteiger partial charge < -0.3 is 0 Å². The number of rotatable bonds is 0.